The maximum atomic E-state index is 12.0. The molecule has 124 valence electrons. The van der Waals surface area contributed by atoms with Crippen molar-refractivity contribution in [3.8, 4) is 0 Å². The number of rotatable bonds is 4. The Bertz CT molecular complexity index is 467. The molecule has 1 aliphatic heterocycles. The summed E-state index contributed by atoms with van der Waals surface area (Å²) in [6.07, 6.45) is 4.72. The Morgan fingerprint density at radius 2 is 2.32 bits per heavy atom. The van der Waals surface area contributed by atoms with E-state index in [-0.39, 0.29) is 18.2 Å². The number of hydrogen-bond donors (Lipinski definition) is 1. The molecular weight excluding hydrogens is 282 g/mol. The van der Waals surface area contributed by atoms with Crippen molar-refractivity contribution in [1.29, 1.82) is 0 Å². The van der Waals surface area contributed by atoms with Gasteiger partial charge in [0.15, 0.2) is 5.76 Å². The van der Waals surface area contributed by atoms with Gasteiger partial charge in [-0.05, 0) is 47.1 Å². The first-order chi connectivity index (χ1) is 10.3. The fraction of sp³-hybridized carbons (Fsp3) is 0.750. The Morgan fingerprint density at radius 1 is 1.55 bits per heavy atom. The van der Waals surface area contributed by atoms with E-state index in [9.17, 15) is 4.79 Å². The van der Waals surface area contributed by atoms with Crippen molar-refractivity contribution in [2.75, 3.05) is 6.54 Å². The molecule has 2 atom stereocenters. The zero-order valence-electron chi connectivity index (χ0n) is 14.0. The van der Waals surface area contributed by atoms with Crippen molar-refractivity contribution in [2.24, 2.45) is 0 Å². The summed E-state index contributed by atoms with van der Waals surface area (Å²) in [6, 6.07) is 2.20. The van der Waals surface area contributed by atoms with Crippen molar-refractivity contribution < 1.29 is 14.1 Å². The SMILES string of the molecule is C[C@@H](NC(=O)OC(C)(C)C)[C@@H]1CCCCN1Cc1ccno1. The topological polar surface area (TPSA) is 67.6 Å². The zero-order valence-corrected chi connectivity index (χ0v) is 14.0. The minimum atomic E-state index is -0.476. The standard InChI is InChI=1S/C16H27N3O3/c1-12(18-15(20)21-16(2,3)4)14-7-5-6-10-19(14)11-13-8-9-17-22-13/h8-9,12,14H,5-7,10-11H2,1-4H3,(H,18,20)/t12-,14+/m1/s1. The maximum Gasteiger partial charge on any atom is 0.407 e. The van der Waals surface area contributed by atoms with Gasteiger partial charge in [-0.25, -0.2) is 4.79 Å². The number of amides is 1. The van der Waals surface area contributed by atoms with Gasteiger partial charge in [-0.2, -0.15) is 0 Å². The van der Waals surface area contributed by atoms with Crippen molar-refractivity contribution in [2.45, 2.75) is 71.2 Å². The predicted octanol–water partition coefficient (Wildman–Crippen LogP) is 2.94. The van der Waals surface area contributed by atoms with Gasteiger partial charge in [0, 0.05) is 18.2 Å². The van der Waals surface area contributed by atoms with E-state index in [1.54, 1.807) is 6.20 Å². The number of hydrogen-bond acceptors (Lipinski definition) is 5. The van der Waals surface area contributed by atoms with Crippen LogP contribution in [0.25, 0.3) is 0 Å². The van der Waals surface area contributed by atoms with Crippen molar-refractivity contribution in [3.63, 3.8) is 0 Å². The van der Waals surface area contributed by atoms with Crippen LogP contribution >= 0.6 is 0 Å². The monoisotopic (exact) mass is 309 g/mol. The molecule has 0 unspecified atom stereocenters. The van der Waals surface area contributed by atoms with Crippen molar-refractivity contribution in [3.05, 3.63) is 18.0 Å². The highest BCUT2D eigenvalue weighted by Gasteiger charge is 2.30. The fourth-order valence-corrected chi connectivity index (χ4v) is 2.89. The van der Waals surface area contributed by atoms with Gasteiger partial charge in [-0.1, -0.05) is 11.6 Å². The molecule has 0 spiro atoms. The number of alkyl carbamates (subject to hydrolysis) is 1. The molecule has 1 amide bonds. The van der Waals surface area contributed by atoms with Crippen LogP contribution in [0.15, 0.2) is 16.8 Å². The summed E-state index contributed by atoms with van der Waals surface area (Å²) in [5, 5.41) is 6.72. The van der Waals surface area contributed by atoms with Crippen LogP contribution in [0.5, 0.6) is 0 Å². The van der Waals surface area contributed by atoms with E-state index >= 15 is 0 Å². The molecule has 1 aromatic heterocycles. The lowest BCUT2D eigenvalue weighted by molar-refractivity contribution is 0.0428. The van der Waals surface area contributed by atoms with Crippen LogP contribution in [0.1, 0.15) is 52.7 Å². The fourth-order valence-electron chi connectivity index (χ4n) is 2.89. The normalized spacial score (nSPS) is 21.4. The highest BCUT2D eigenvalue weighted by molar-refractivity contribution is 5.68. The lowest BCUT2D eigenvalue weighted by Gasteiger charge is -2.39. The first-order valence-corrected chi connectivity index (χ1v) is 7.98. The van der Waals surface area contributed by atoms with Gasteiger partial charge in [0.25, 0.3) is 0 Å². The van der Waals surface area contributed by atoms with Gasteiger partial charge in [0.2, 0.25) is 0 Å². The molecule has 0 aromatic carbocycles. The lowest BCUT2D eigenvalue weighted by Crippen LogP contribution is -2.52. The second-order valence-corrected chi connectivity index (χ2v) is 6.95. The van der Waals surface area contributed by atoms with Crippen molar-refractivity contribution >= 4 is 6.09 Å². The number of ether oxygens (including phenoxy) is 1. The van der Waals surface area contributed by atoms with E-state index < -0.39 is 5.60 Å². The molecule has 1 aliphatic rings. The first kappa shape index (κ1) is 16.8. The average molecular weight is 309 g/mol. The number of aromatic nitrogens is 1. The van der Waals surface area contributed by atoms with E-state index in [0.29, 0.717) is 0 Å². The number of likely N-dealkylation sites (tertiary alicyclic amines) is 1. The predicted molar refractivity (Wildman–Crippen MR) is 83.4 cm³/mol. The van der Waals surface area contributed by atoms with Gasteiger partial charge >= 0.3 is 6.09 Å². The van der Waals surface area contributed by atoms with Crippen LogP contribution in [0, 0.1) is 0 Å². The lowest BCUT2D eigenvalue weighted by atomic mass is 9.96. The Morgan fingerprint density at radius 3 is 2.95 bits per heavy atom. The number of piperidine rings is 1. The summed E-state index contributed by atoms with van der Waals surface area (Å²) in [5.74, 6) is 0.858. The highest BCUT2D eigenvalue weighted by Crippen LogP contribution is 2.22. The van der Waals surface area contributed by atoms with Crippen LogP contribution in [0.4, 0.5) is 4.79 Å². The Balaban J connectivity index is 1.93. The quantitative estimate of drug-likeness (QED) is 0.926. The van der Waals surface area contributed by atoms with Crippen LogP contribution in [0.2, 0.25) is 0 Å². The molecule has 0 saturated carbocycles. The van der Waals surface area contributed by atoms with E-state index in [4.69, 9.17) is 9.26 Å². The molecule has 1 aromatic rings. The average Bonchev–Trinajstić information content (AvgIpc) is 2.89. The molecule has 0 aliphatic carbocycles. The van der Waals surface area contributed by atoms with Crippen LogP contribution in [0.3, 0.4) is 0 Å². The third-order valence-corrected chi connectivity index (χ3v) is 3.84. The van der Waals surface area contributed by atoms with Crippen LogP contribution < -0.4 is 5.32 Å². The van der Waals surface area contributed by atoms with Crippen LogP contribution in [-0.4, -0.2) is 40.4 Å². The van der Waals surface area contributed by atoms with Gasteiger partial charge in [0.05, 0.1) is 12.7 Å². The minimum Gasteiger partial charge on any atom is -0.444 e. The molecular formula is C16H27N3O3. The second-order valence-electron chi connectivity index (χ2n) is 6.95. The molecule has 1 fully saturated rings. The number of nitrogens with zero attached hydrogens (tertiary/aromatic N) is 2. The van der Waals surface area contributed by atoms with Gasteiger partial charge in [-0.15, -0.1) is 0 Å². The summed E-state index contributed by atoms with van der Waals surface area (Å²) in [4.78, 5) is 14.3. The summed E-state index contributed by atoms with van der Waals surface area (Å²) >= 11 is 0. The van der Waals surface area contributed by atoms with Crippen molar-refractivity contribution in [1.82, 2.24) is 15.4 Å². The summed E-state index contributed by atoms with van der Waals surface area (Å²) in [7, 11) is 0. The summed E-state index contributed by atoms with van der Waals surface area (Å²) in [6.45, 7) is 9.38. The Labute approximate surface area is 132 Å². The summed E-state index contributed by atoms with van der Waals surface area (Å²) in [5.41, 5.74) is -0.476. The van der Waals surface area contributed by atoms with Crippen LogP contribution in [-0.2, 0) is 11.3 Å². The van der Waals surface area contributed by atoms with Gasteiger partial charge in [-0.3, -0.25) is 4.90 Å². The molecule has 22 heavy (non-hydrogen) atoms. The number of carbonyl (C=O) groups is 1. The third-order valence-electron chi connectivity index (χ3n) is 3.84. The maximum absolute atomic E-state index is 12.0. The molecule has 1 saturated heterocycles. The first-order valence-electron chi connectivity index (χ1n) is 7.98. The molecule has 2 heterocycles. The number of nitrogens with one attached hydrogen (secondary N) is 1. The number of carbonyl (C=O) groups excluding carboxylic acids is 1. The molecule has 6 nitrogen and oxygen atoms in total. The second kappa shape index (κ2) is 7.13. The highest BCUT2D eigenvalue weighted by atomic mass is 16.6. The Kier molecular flexibility index (Phi) is 5.45. The zero-order chi connectivity index (χ0) is 16.2. The largest absolute Gasteiger partial charge is 0.444 e. The molecule has 0 bridgehead atoms. The summed E-state index contributed by atoms with van der Waals surface area (Å²) < 4.78 is 10.6. The molecule has 2 rings (SSSR count). The smallest absolute Gasteiger partial charge is 0.407 e. The van der Waals surface area contributed by atoms with Gasteiger partial charge < -0.3 is 14.6 Å². The van der Waals surface area contributed by atoms with Gasteiger partial charge in [0.1, 0.15) is 5.60 Å². The van der Waals surface area contributed by atoms with E-state index in [2.05, 4.69) is 15.4 Å². The molecule has 6 heteroatoms. The Hall–Kier alpha value is -1.56. The van der Waals surface area contributed by atoms with E-state index in [1.807, 2.05) is 33.8 Å². The molecule has 0 radical (unpaired) electrons. The van der Waals surface area contributed by atoms with E-state index in [0.717, 1.165) is 25.3 Å². The third kappa shape index (κ3) is 5.02. The minimum absolute atomic E-state index is 0.0260. The van der Waals surface area contributed by atoms with E-state index in [1.165, 1.54) is 12.8 Å². The molecule has 1 N–H and O–H groups in total.